The van der Waals surface area contributed by atoms with Gasteiger partial charge in [-0.05, 0) is 56.0 Å². The largest absolute Gasteiger partial charge is 0.376 e. The summed E-state index contributed by atoms with van der Waals surface area (Å²) in [6.45, 7) is 5.43. The predicted molar refractivity (Wildman–Crippen MR) is 117 cm³/mol. The zero-order valence-electron chi connectivity index (χ0n) is 17.5. The van der Waals surface area contributed by atoms with Gasteiger partial charge in [-0.2, -0.15) is 0 Å². The van der Waals surface area contributed by atoms with E-state index < -0.39 is 0 Å². The average Bonchev–Trinajstić information content (AvgIpc) is 3.29. The lowest BCUT2D eigenvalue weighted by Gasteiger charge is -2.35. The van der Waals surface area contributed by atoms with Crippen LogP contribution in [0.25, 0.3) is 0 Å². The Kier molecular flexibility index (Phi) is 6.33. The van der Waals surface area contributed by atoms with E-state index in [1.54, 1.807) is 17.0 Å². The topological polar surface area (TPSA) is 61.9 Å². The summed E-state index contributed by atoms with van der Waals surface area (Å²) >= 11 is 0. The second kappa shape index (κ2) is 9.30. The molecule has 2 fully saturated rings. The molecule has 0 spiro atoms. The maximum Gasteiger partial charge on any atom is 0.324 e. The third kappa shape index (κ3) is 4.82. The molecule has 2 heterocycles. The molecule has 2 aliphatic rings. The Bertz CT molecular complexity index is 874. The molecule has 2 aromatic rings. The Labute approximate surface area is 177 Å². The van der Waals surface area contributed by atoms with Gasteiger partial charge in [-0.1, -0.05) is 29.8 Å². The standard InChI is InChI=1S/C24H29N3O3/c1-18-5-7-19(8-6-18)17-26-13-3-14-27(24(26)29)21-11-9-20(10-12-21)23(28)25-16-22-4-2-15-30-22/h5-12,22H,2-4,13-17H2,1H3,(H,25,28)/t22-/m0/s1. The van der Waals surface area contributed by atoms with Crippen LogP contribution in [0.15, 0.2) is 48.5 Å². The molecule has 2 saturated heterocycles. The molecule has 2 aliphatic heterocycles. The Morgan fingerprint density at radius 2 is 1.83 bits per heavy atom. The van der Waals surface area contributed by atoms with Crippen molar-refractivity contribution in [3.8, 4) is 0 Å². The summed E-state index contributed by atoms with van der Waals surface area (Å²) < 4.78 is 5.54. The first kappa shape index (κ1) is 20.4. The lowest BCUT2D eigenvalue weighted by atomic mass is 10.1. The Morgan fingerprint density at radius 3 is 2.53 bits per heavy atom. The molecule has 158 valence electrons. The lowest BCUT2D eigenvalue weighted by molar-refractivity contribution is 0.0858. The van der Waals surface area contributed by atoms with Gasteiger partial charge in [-0.15, -0.1) is 0 Å². The molecule has 0 unspecified atom stereocenters. The molecule has 0 aromatic heterocycles. The molecule has 3 amide bonds. The third-order valence-electron chi connectivity index (χ3n) is 5.76. The Morgan fingerprint density at radius 1 is 1.07 bits per heavy atom. The fourth-order valence-corrected chi connectivity index (χ4v) is 3.99. The van der Waals surface area contributed by atoms with Crippen molar-refractivity contribution in [1.29, 1.82) is 0 Å². The minimum atomic E-state index is -0.108. The molecule has 30 heavy (non-hydrogen) atoms. The van der Waals surface area contributed by atoms with Gasteiger partial charge in [0.15, 0.2) is 0 Å². The van der Waals surface area contributed by atoms with Gasteiger partial charge >= 0.3 is 6.03 Å². The summed E-state index contributed by atoms with van der Waals surface area (Å²) in [5, 5.41) is 2.93. The second-order valence-electron chi connectivity index (χ2n) is 8.09. The summed E-state index contributed by atoms with van der Waals surface area (Å²) in [7, 11) is 0. The molecule has 0 saturated carbocycles. The summed E-state index contributed by atoms with van der Waals surface area (Å²) in [5.41, 5.74) is 3.77. The van der Waals surface area contributed by atoms with Gasteiger partial charge in [-0.25, -0.2) is 4.79 Å². The summed E-state index contributed by atoms with van der Waals surface area (Å²) in [6.07, 6.45) is 3.09. The highest BCUT2D eigenvalue weighted by molar-refractivity contribution is 5.96. The van der Waals surface area contributed by atoms with Crippen molar-refractivity contribution in [3.63, 3.8) is 0 Å². The van der Waals surface area contributed by atoms with Crippen molar-refractivity contribution in [1.82, 2.24) is 10.2 Å². The fraction of sp³-hybridized carbons (Fsp3) is 0.417. The SMILES string of the molecule is Cc1ccc(CN2CCCN(c3ccc(C(=O)NC[C@@H]4CCCO4)cc3)C2=O)cc1. The first-order valence-electron chi connectivity index (χ1n) is 10.7. The van der Waals surface area contributed by atoms with Gasteiger partial charge in [0.25, 0.3) is 5.91 Å². The van der Waals surface area contributed by atoms with Crippen molar-refractivity contribution < 1.29 is 14.3 Å². The van der Waals surface area contributed by atoms with E-state index in [2.05, 4.69) is 36.5 Å². The van der Waals surface area contributed by atoms with Crippen LogP contribution in [0.3, 0.4) is 0 Å². The van der Waals surface area contributed by atoms with E-state index in [1.807, 2.05) is 17.0 Å². The summed E-state index contributed by atoms with van der Waals surface area (Å²) in [4.78, 5) is 29.1. The zero-order chi connectivity index (χ0) is 20.9. The normalized spacial score (nSPS) is 19.2. The first-order chi connectivity index (χ1) is 14.6. The minimum Gasteiger partial charge on any atom is -0.376 e. The molecular formula is C24H29N3O3. The minimum absolute atomic E-state index is 0.0115. The maximum absolute atomic E-state index is 13.0. The average molecular weight is 408 g/mol. The van der Waals surface area contributed by atoms with Crippen LogP contribution >= 0.6 is 0 Å². The van der Waals surface area contributed by atoms with Crippen LogP contribution in [-0.4, -0.2) is 49.2 Å². The molecular weight excluding hydrogens is 378 g/mol. The lowest BCUT2D eigenvalue weighted by Crippen LogP contribution is -2.49. The van der Waals surface area contributed by atoms with Crippen molar-refractivity contribution >= 4 is 17.6 Å². The highest BCUT2D eigenvalue weighted by Gasteiger charge is 2.27. The maximum atomic E-state index is 13.0. The highest BCUT2D eigenvalue weighted by atomic mass is 16.5. The molecule has 2 aromatic carbocycles. The van der Waals surface area contributed by atoms with Crippen LogP contribution in [0, 0.1) is 6.92 Å². The third-order valence-corrected chi connectivity index (χ3v) is 5.76. The smallest absolute Gasteiger partial charge is 0.324 e. The molecule has 1 atom stereocenters. The monoisotopic (exact) mass is 407 g/mol. The van der Waals surface area contributed by atoms with Gasteiger partial charge in [0.05, 0.1) is 6.10 Å². The van der Waals surface area contributed by atoms with Gasteiger partial charge in [-0.3, -0.25) is 9.69 Å². The summed E-state index contributed by atoms with van der Waals surface area (Å²) in [6, 6.07) is 15.6. The van der Waals surface area contributed by atoms with Gasteiger partial charge in [0, 0.05) is 44.0 Å². The van der Waals surface area contributed by atoms with Crippen molar-refractivity contribution in [2.45, 2.75) is 38.8 Å². The Hall–Kier alpha value is -2.86. The highest BCUT2D eigenvalue weighted by Crippen LogP contribution is 2.22. The van der Waals surface area contributed by atoms with Crippen LogP contribution in [0.5, 0.6) is 0 Å². The number of rotatable bonds is 6. The molecule has 6 heteroatoms. The molecule has 6 nitrogen and oxygen atoms in total. The fourth-order valence-electron chi connectivity index (χ4n) is 3.99. The molecule has 0 radical (unpaired) electrons. The van der Waals surface area contributed by atoms with E-state index in [0.717, 1.165) is 43.7 Å². The van der Waals surface area contributed by atoms with E-state index in [9.17, 15) is 9.59 Å². The van der Waals surface area contributed by atoms with Crippen molar-refractivity contribution in [2.75, 3.05) is 31.1 Å². The van der Waals surface area contributed by atoms with Crippen LogP contribution in [0.1, 0.15) is 40.7 Å². The van der Waals surface area contributed by atoms with Crippen molar-refractivity contribution in [2.24, 2.45) is 0 Å². The quantitative estimate of drug-likeness (QED) is 0.794. The number of amides is 3. The van der Waals surface area contributed by atoms with E-state index in [4.69, 9.17) is 4.74 Å². The summed E-state index contributed by atoms with van der Waals surface area (Å²) in [5.74, 6) is -0.108. The molecule has 0 bridgehead atoms. The predicted octanol–water partition coefficient (Wildman–Crippen LogP) is 3.74. The number of nitrogens with one attached hydrogen (secondary N) is 1. The number of carbonyl (C=O) groups is 2. The number of anilines is 1. The number of hydrogen-bond acceptors (Lipinski definition) is 3. The molecule has 4 rings (SSSR count). The zero-order valence-corrected chi connectivity index (χ0v) is 17.5. The van der Waals surface area contributed by atoms with Crippen molar-refractivity contribution in [3.05, 3.63) is 65.2 Å². The number of nitrogens with zero attached hydrogens (tertiary/aromatic N) is 2. The number of carbonyl (C=O) groups excluding carboxylic acids is 2. The van der Waals surface area contributed by atoms with E-state index in [-0.39, 0.29) is 18.0 Å². The van der Waals surface area contributed by atoms with Crippen LogP contribution in [0.2, 0.25) is 0 Å². The van der Waals surface area contributed by atoms with Crippen LogP contribution < -0.4 is 10.2 Å². The number of hydrogen-bond donors (Lipinski definition) is 1. The van der Waals surface area contributed by atoms with E-state index >= 15 is 0 Å². The number of urea groups is 1. The van der Waals surface area contributed by atoms with Gasteiger partial charge in [0.2, 0.25) is 0 Å². The number of aryl methyl sites for hydroxylation is 1. The second-order valence-corrected chi connectivity index (χ2v) is 8.09. The Balaban J connectivity index is 1.37. The number of benzene rings is 2. The number of ether oxygens (including phenoxy) is 1. The van der Waals surface area contributed by atoms with Crippen LogP contribution in [0.4, 0.5) is 10.5 Å². The van der Waals surface area contributed by atoms with E-state index in [0.29, 0.717) is 25.2 Å². The first-order valence-corrected chi connectivity index (χ1v) is 10.7. The molecule has 0 aliphatic carbocycles. The van der Waals surface area contributed by atoms with Gasteiger partial charge in [0.1, 0.15) is 0 Å². The van der Waals surface area contributed by atoms with E-state index in [1.165, 1.54) is 5.56 Å². The van der Waals surface area contributed by atoms with Gasteiger partial charge < -0.3 is 15.0 Å². The molecule has 1 N–H and O–H groups in total. The van der Waals surface area contributed by atoms with Crippen LogP contribution in [-0.2, 0) is 11.3 Å².